The standard InChI is InChI=1S/C13H21NOS/c15-9-13-3-1-2-12(13)8-14-6-4-11-5-7-16-10-11/h5,7,10,12-15H,1-4,6,8-9H2. The Morgan fingerprint density at radius 3 is 3.00 bits per heavy atom. The number of thiophene rings is 1. The second-order valence-corrected chi connectivity index (χ2v) is 5.50. The van der Waals surface area contributed by atoms with Crippen LogP contribution >= 0.6 is 11.3 Å². The molecule has 2 atom stereocenters. The Morgan fingerprint density at radius 2 is 2.25 bits per heavy atom. The minimum absolute atomic E-state index is 0.372. The summed E-state index contributed by atoms with van der Waals surface area (Å²) in [6.07, 6.45) is 4.92. The van der Waals surface area contributed by atoms with Gasteiger partial charge in [-0.1, -0.05) is 6.42 Å². The summed E-state index contributed by atoms with van der Waals surface area (Å²) in [7, 11) is 0. The van der Waals surface area contributed by atoms with Gasteiger partial charge in [0.1, 0.15) is 0 Å². The first-order valence-corrected chi connectivity index (χ1v) is 7.17. The molecule has 2 rings (SSSR count). The van der Waals surface area contributed by atoms with Crippen molar-refractivity contribution in [3.63, 3.8) is 0 Å². The van der Waals surface area contributed by atoms with Crippen molar-refractivity contribution >= 4 is 11.3 Å². The third-order valence-corrected chi connectivity index (χ3v) is 4.36. The predicted molar refractivity (Wildman–Crippen MR) is 68.8 cm³/mol. The van der Waals surface area contributed by atoms with Crippen molar-refractivity contribution < 1.29 is 5.11 Å². The molecule has 1 saturated carbocycles. The fourth-order valence-corrected chi connectivity index (χ4v) is 3.28. The van der Waals surface area contributed by atoms with Crippen LogP contribution in [0.2, 0.25) is 0 Å². The minimum atomic E-state index is 0.372. The molecule has 2 nitrogen and oxygen atoms in total. The average molecular weight is 239 g/mol. The largest absolute Gasteiger partial charge is 0.396 e. The molecule has 0 spiro atoms. The average Bonchev–Trinajstić information content (AvgIpc) is 2.95. The van der Waals surface area contributed by atoms with Gasteiger partial charge in [-0.15, -0.1) is 0 Å². The van der Waals surface area contributed by atoms with Gasteiger partial charge < -0.3 is 10.4 Å². The first kappa shape index (κ1) is 12.1. The lowest BCUT2D eigenvalue weighted by Gasteiger charge is -2.17. The van der Waals surface area contributed by atoms with Crippen LogP contribution in [0.25, 0.3) is 0 Å². The predicted octanol–water partition coefficient (Wildman–Crippen LogP) is 2.29. The van der Waals surface area contributed by atoms with Crippen molar-refractivity contribution in [1.29, 1.82) is 0 Å². The summed E-state index contributed by atoms with van der Waals surface area (Å²) in [6, 6.07) is 2.19. The molecule has 3 heteroatoms. The van der Waals surface area contributed by atoms with E-state index in [2.05, 4.69) is 22.1 Å². The van der Waals surface area contributed by atoms with Crippen LogP contribution in [0.5, 0.6) is 0 Å². The van der Waals surface area contributed by atoms with Crippen molar-refractivity contribution in [1.82, 2.24) is 5.32 Å². The fraction of sp³-hybridized carbons (Fsp3) is 0.692. The zero-order chi connectivity index (χ0) is 11.2. The zero-order valence-corrected chi connectivity index (χ0v) is 10.5. The van der Waals surface area contributed by atoms with E-state index in [9.17, 15) is 5.11 Å². The third-order valence-electron chi connectivity index (χ3n) is 3.63. The monoisotopic (exact) mass is 239 g/mol. The molecule has 1 aliphatic rings. The van der Waals surface area contributed by atoms with E-state index in [-0.39, 0.29) is 0 Å². The van der Waals surface area contributed by atoms with Crippen LogP contribution in [-0.4, -0.2) is 24.8 Å². The van der Waals surface area contributed by atoms with Gasteiger partial charge in [0.15, 0.2) is 0 Å². The SMILES string of the molecule is OCC1CCCC1CNCCc1ccsc1. The van der Waals surface area contributed by atoms with E-state index in [0.29, 0.717) is 18.4 Å². The lowest BCUT2D eigenvalue weighted by Crippen LogP contribution is -2.28. The zero-order valence-electron chi connectivity index (χ0n) is 9.69. The van der Waals surface area contributed by atoms with Crippen molar-refractivity contribution in [2.75, 3.05) is 19.7 Å². The summed E-state index contributed by atoms with van der Waals surface area (Å²) in [6.45, 7) is 2.51. The molecule has 1 fully saturated rings. The normalized spacial score (nSPS) is 25.1. The summed E-state index contributed by atoms with van der Waals surface area (Å²) in [5.41, 5.74) is 1.43. The van der Waals surface area contributed by atoms with Crippen LogP contribution in [0.3, 0.4) is 0 Å². The van der Waals surface area contributed by atoms with Crippen LogP contribution in [-0.2, 0) is 6.42 Å². The molecular weight excluding hydrogens is 218 g/mol. The highest BCUT2D eigenvalue weighted by Gasteiger charge is 2.25. The number of aliphatic hydroxyl groups is 1. The summed E-state index contributed by atoms with van der Waals surface area (Å²) >= 11 is 1.77. The highest BCUT2D eigenvalue weighted by atomic mass is 32.1. The molecule has 0 aromatic carbocycles. The summed E-state index contributed by atoms with van der Waals surface area (Å²) in [5.74, 6) is 1.25. The molecule has 1 heterocycles. The van der Waals surface area contributed by atoms with Crippen LogP contribution in [0, 0.1) is 11.8 Å². The number of aliphatic hydroxyl groups excluding tert-OH is 1. The van der Waals surface area contributed by atoms with Crippen molar-refractivity contribution in [2.45, 2.75) is 25.7 Å². The lowest BCUT2D eigenvalue weighted by atomic mass is 9.97. The Balaban J connectivity index is 1.61. The maximum atomic E-state index is 9.22. The lowest BCUT2D eigenvalue weighted by molar-refractivity contribution is 0.192. The smallest absolute Gasteiger partial charge is 0.0462 e. The van der Waals surface area contributed by atoms with Gasteiger partial charge in [-0.3, -0.25) is 0 Å². The molecule has 1 aromatic heterocycles. The number of rotatable bonds is 6. The Kier molecular flexibility index (Phi) is 4.82. The Hall–Kier alpha value is -0.380. The first-order chi connectivity index (χ1) is 7.90. The van der Waals surface area contributed by atoms with Gasteiger partial charge in [0.25, 0.3) is 0 Å². The Morgan fingerprint density at radius 1 is 1.38 bits per heavy atom. The first-order valence-electron chi connectivity index (χ1n) is 6.23. The second-order valence-electron chi connectivity index (χ2n) is 4.72. The van der Waals surface area contributed by atoms with Crippen LogP contribution in [0.15, 0.2) is 16.8 Å². The van der Waals surface area contributed by atoms with Crippen molar-refractivity contribution in [2.24, 2.45) is 11.8 Å². The number of nitrogens with one attached hydrogen (secondary N) is 1. The van der Waals surface area contributed by atoms with Crippen molar-refractivity contribution in [3.05, 3.63) is 22.4 Å². The van der Waals surface area contributed by atoms with Gasteiger partial charge >= 0.3 is 0 Å². The molecule has 90 valence electrons. The molecule has 0 radical (unpaired) electrons. The van der Waals surface area contributed by atoms with E-state index in [1.54, 1.807) is 11.3 Å². The second kappa shape index (κ2) is 6.38. The van der Waals surface area contributed by atoms with E-state index in [1.165, 1.54) is 24.8 Å². The van der Waals surface area contributed by atoms with Crippen molar-refractivity contribution in [3.8, 4) is 0 Å². The fourth-order valence-electron chi connectivity index (χ4n) is 2.58. The molecule has 0 aliphatic heterocycles. The molecule has 1 aromatic rings. The molecular formula is C13H21NOS. The van der Waals surface area contributed by atoms with E-state index in [0.717, 1.165) is 19.5 Å². The van der Waals surface area contributed by atoms with Gasteiger partial charge in [-0.2, -0.15) is 11.3 Å². The van der Waals surface area contributed by atoms with E-state index in [1.807, 2.05) is 0 Å². The van der Waals surface area contributed by atoms with Crippen LogP contribution < -0.4 is 5.32 Å². The highest BCUT2D eigenvalue weighted by Crippen LogP contribution is 2.30. The third kappa shape index (κ3) is 3.30. The summed E-state index contributed by atoms with van der Waals surface area (Å²) in [4.78, 5) is 0. The quantitative estimate of drug-likeness (QED) is 0.747. The molecule has 0 saturated heterocycles. The molecule has 0 bridgehead atoms. The van der Waals surface area contributed by atoms with Gasteiger partial charge in [-0.25, -0.2) is 0 Å². The van der Waals surface area contributed by atoms with Gasteiger partial charge in [0.05, 0.1) is 0 Å². The number of hydrogen-bond donors (Lipinski definition) is 2. The van der Waals surface area contributed by atoms with Gasteiger partial charge in [0, 0.05) is 6.61 Å². The summed E-state index contributed by atoms with van der Waals surface area (Å²) < 4.78 is 0. The highest BCUT2D eigenvalue weighted by molar-refractivity contribution is 7.07. The van der Waals surface area contributed by atoms with E-state index < -0.39 is 0 Å². The van der Waals surface area contributed by atoms with Crippen LogP contribution in [0.4, 0.5) is 0 Å². The topological polar surface area (TPSA) is 32.3 Å². The Labute approximate surface area is 102 Å². The van der Waals surface area contributed by atoms with E-state index >= 15 is 0 Å². The minimum Gasteiger partial charge on any atom is -0.396 e. The van der Waals surface area contributed by atoms with Gasteiger partial charge in [0.2, 0.25) is 0 Å². The summed E-state index contributed by atoms with van der Waals surface area (Å²) in [5, 5.41) is 17.1. The maximum absolute atomic E-state index is 9.22. The molecule has 2 unspecified atom stereocenters. The maximum Gasteiger partial charge on any atom is 0.0462 e. The molecule has 0 amide bonds. The molecule has 1 aliphatic carbocycles. The molecule has 16 heavy (non-hydrogen) atoms. The van der Waals surface area contributed by atoms with Crippen LogP contribution in [0.1, 0.15) is 24.8 Å². The molecule has 2 N–H and O–H groups in total. The van der Waals surface area contributed by atoms with E-state index in [4.69, 9.17) is 0 Å². The Bertz CT molecular complexity index is 286. The number of hydrogen-bond acceptors (Lipinski definition) is 3. The van der Waals surface area contributed by atoms with Gasteiger partial charge in [-0.05, 0) is 66.6 Å².